The maximum atomic E-state index is 14.6. The second kappa shape index (κ2) is 8.12. The van der Waals surface area contributed by atoms with E-state index in [1.54, 1.807) is 0 Å². The lowest BCUT2D eigenvalue weighted by Crippen LogP contribution is -2.34. The van der Waals surface area contributed by atoms with E-state index in [0.29, 0.717) is 4.47 Å². The molecule has 0 radical (unpaired) electrons. The molecule has 0 unspecified atom stereocenters. The first-order valence-electron chi connectivity index (χ1n) is 7.40. The summed E-state index contributed by atoms with van der Waals surface area (Å²) in [6.45, 7) is 1.31. The summed E-state index contributed by atoms with van der Waals surface area (Å²) in [6, 6.07) is 7.39. The zero-order valence-electron chi connectivity index (χ0n) is 13.8. The smallest absolute Gasteiger partial charge is 0.265 e. The van der Waals surface area contributed by atoms with E-state index < -0.39 is 39.0 Å². The standard InChI is InChI=1S/C16H13BrClF2N3O3S/c1-16(22-23-21,11-4-3-10(17)7-14(11)19)12(8-27(24,25)26)9-2-5-13(18)15(20)6-9/h2-7,12H,8H2,1H3,(H,24,25,26)/t12-,16-/m1/s1. The minimum atomic E-state index is -4.60. The first-order valence-corrected chi connectivity index (χ1v) is 10.2. The predicted molar refractivity (Wildman–Crippen MR) is 101 cm³/mol. The van der Waals surface area contributed by atoms with Gasteiger partial charge in [-0.1, -0.05) is 44.8 Å². The fourth-order valence-electron chi connectivity index (χ4n) is 2.83. The summed E-state index contributed by atoms with van der Waals surface area (Å²) in [5, 5.41) is 3.42. The van der Waals surface area contributed by atoms with Gasteiger partial charge in [0, 0.05) is 20.9 Å². The Balaban J connectivity index is 2.78. The highest BCUT2D eigenvalue weighted by Crippen LogP contribution is 2.43. The molecule has 0 bridgehead atoms. The number of hydrogen-bond donors (Lipinski definition) is 1. The van der Waals surface area contributed by atoms with E-state index in [4.69, 9.17) is 17.1 Å². The van der Waals surface area contributed by atoms with Crippen molar-refractivity contribution in [2.24, 2.45) is 5.11 Å². The lowest BCUT2D eigenvalue weighted by Gasteiger charge is -2.34. The molecule has 11 heteroatoms. The maximum Gasteiger partial charge on any atom is 0.265 e. The van der Waals surface area contributed by atoms with E-state index in [1.807, 2.05) is 0 Å². The van der Waals surface area contributed by atoms with E-state index in [1.165, 1.54) is 31.2 Å². The van der Waals surface area contributed by atoms with Crippen molar-refractivity contribution in [3.05, 3.63) is 79.1 Å². The van der Waals surface area contributed by atoms with Crippen molar-refractivity contribution in [2.75, 3.05) is 5.75 Å². The summed E-state index contributed by atoms with van der Waals surface area (Å²) >= 11 is 8.77. The van der Waals surface area contributed by atoms with Crippen molar-refractivity contribution in [1.29, 1.82) is 0 Å². The average Bonchev–Trinajstić information content (AvgIpc) is 2.54. The van der Waals surface area contributed by atoms with Crippen LogP contribution in [0, 0.1) is 11.6 Å². The minimum Gasteiger partial charge on any atom is -0.286 e. The summed E-state index contributed by atoms with van der Waals surface area (Å²) in [7, 11) is -4.60. The molecule has 2 atom stereocenters. The number of azide groups is 1. The van der Waals surface area contributed by atoms with Crippen molar-refractivity contribution in [1.82, 2.24) is 0 Å². The van der Waals surface area contributed by atoms with Gasteiger partial charge in [-0.3, -0.25) is 4.55 Å². The molecule has 2 aromatic rings. The molecule has 0 aliphatic heterocycles. The van der Waals surface area contributed by atoms with Crippen LogP contribution in [-0.4, -0.2) is 18.7 Å². The van der Waals surface area contributed by atoms with Crippen LogP contribution in [0.5, 0.6) is 0 Å². The highest BCUT2D eigenvalue weighted by atomic mass is 79.9. The van der Waals surface area contributed by atoms with Crippen molar-refractivity contribution in [2.45, 2.75) is 18.4 Å². The molecule has 1 N–H and O–H groups in total. The lowest BCUT2D eigenvalue weighted by molar-refractivity contribution is 0.379. The monoisotopic (exact) mass is 479 g/mol. The molecule has 0 heterocycles. The van der Waals surface area contributed by atoms with Crippen LogP contribution in [0.1, 0.15) is 24.0 Å². The van der Waals surface area contributed by atoms with Gasteiger partial charge < -0.3 is 0 Å². The SMILES string of the molecule is C[C@@](N=[N+]=[N-])(c1ccc(Br)cc1F)[C@H](CS(=O)(=O)O)c1ccc(Cl)c(F)c1. The second-order valence-corrected chi connectivity index (χ2v) is 8.76. The number of halogens is 4. The highest BCUT2D eigenvalue weighted by Gasteiger charge is 2.41. The Bertz CT molecular complexity index is 1030. The summed E-state index contributed by atoms with van der Waals surface area (Å²) in [5.74, 6) is -3.84. The molecule has 27 heavy (non-hydrogen) atoms. The van der Waals surface area contributed by atoms with Crippen LogP contribution < -0.4 is 0 Å². The molecule has 0 saturated carbocycles. The molecule has 0 amide bonds. The van der Waals surface area contributed by atoms with Crippen LogP contribution in [0.4, 0.5) is 8.78 Å². The molecule has 0 fully saturated rings. The van der Waals surface area contributed by atoms with Gasteiger partial charge in [-0.25, -0.2) is 8.78 Å². The van der Waals surface area contributed by atoms with Gasteiger partial charge in [-0.15, -0.1) is 0 Å². The molecule has 0 spiro atoms. The van der Waals surface area contributed by atoms with E-state index in [2.05, 4.69) is 26.0 Å². The van der Waals surface area contributed by atoms with Crippen LogP contribution in [0.2, 0.25) is 5.02 Å². The zero-order chi connectivity index (χ0) is 20.4. The molecule has 2 aromatic carbocycles. The van der Waals surface area contributed by atoms with Crippen molar-refractivity contribution < 1.29 is 21.8 Å². The van der Waals surface area contributed by atoms with Crippen LogP contribution in [0.25, 0.3) is 10.4 Å². The van der Waals surface area contributed by atoms with Crippen LogP contribution in [0.15, 0.2) is 46.0 Å². The molecule has 144 valence electrons. The van der Waals surface area contributed by atoms with Gasteiger partial charge >= 0.3 is 0 Å². The molecule has 0 aliphatic rings. The van der Waals surface area contributed by atoms with Crippen LogP contribution in [0.3, 0.4) is 0 Å². The van der Waals surface area contributed by atoms with Crippen molar-refractivity contribution in [3.63, 3.8) is 0 Å². The molecule has 6 nitrogen and oxygen atoms in total. The topological polar surface area (TPSA) is 103 Å². The van der Waals surface area contributed by atoms with Crippen LogP contribution >= 0.6 is 27.5 Å². The zero-order valence-corrected chi connectivity index (χ0v) is 16.9. The Kier molecular flexibility index (Phi) is 6.49. The molecular formula is C16H13BrClF2N3O3S. The predicted octanol–water partition coefficient (Wildman–Crippen LogP) is 5.58. The Labute approximate surface area is 167 Å². The van der Waals surface area contributed by atoms with Crippen molar-refractivity contribution in [3.8, 4) is 0 Å². The van der Waals surface area contributed by atoms with E-state index in [9.17, 15) is 21.8 Å². The van der Waals surface area contributed by atoms with E-state index in [-0.39, 0.29) is 16.1 Å². The fraction of sp³-hybridized carbons (Fsp3) is 0.250. The maximum absolute atomic E-state index is 14.6. The summed E-state index contributed by atoms with van der Waals surface area (Å²) in [5.41, 5.74) is 7.17. The van der Waals surface area contributed by atoms with Gasteiger partial charge in [-0.05, 0) is 42.3 Å². The Hall–Kier alpha value is -1.71. The van der Waals surface area contributed by atoms with Gasteiger partial charge in [-0.2, -0.15) is 8.42 Å². The third-order valence-corrected chi connectivity index (χ3v) is 5.69. The number of rotatable bonds is 6. The van der Waals surface area contributed by atoms with Gasteiger partial charge in [0.15, 0.2) is 0 Å². The number of nitrogens with zero attached hydrogens (tertiary/aromatic N) is 3. The lowest BCUT2D eigenvalue weighted by atomic mass is 9.77. The Morgan fingerprint density at radius 1 is 1.30 bits per heavy atom. The van der Waals surface area contributed by atoms with Crippen LogP contribution in [-0.2, 0) is 15.7 Å². The largest absolute Gasteiger partial charge is 0.286 e. The Morgan fingerprint density at radius 3 is 2.48 bits per heavy atom. The third-order valence-electron chi connectivity index (χ3n) is 4.13. The molecular weight excluding hydrogens is 468 g/mol. The highest BCUT2D eigenvalue weighted by molar-refractivity contribution is 9.10. The first-order chi connectivity index (χ1) is 12.5. The molecule has 0 saturated heterocycles. The van der Waals surface area contributed by atoms with Gasteiger partial charge in [0.1, 0.15) is 11.6 Å². The second-order valence-electron chi connectivity index (χ2n) is 5.94. The summed E-state index contributed by atoms with van der Waals surface area (Å²) in [6.07, 6.45) is 0. The minimum absolute atomic E-state index is 0.0618. The fourth-order valence-corrected chi connectivity index (χ4v) is 4.22. The van der Waals surface area contributed by atoms with E-state index in [0.717, 1.165) is 12.1 Å². The number of benzene rings is 2. The molecule has 2 rings (SSSR count). The van der Waals surface area contributed by atoms with Gasteiger partial charge in [0.05, 0.1) is 16.3 Å². The molecule has 0 aliphatic carbocycles. The Morgan fingerprint density at radius 2 is 1.96 bits per heavy atom. The van der Waals surface area contributed by atoms with Gasteiger partial charge in [0.2, 0.25) is 0 Å². The summed E-state index contributed by atoms with van der Waals surface area (Å²) < 4.78 is 61.5. The first kappa shape index (κ1) is 21.6. The van der Waals surface area contributed by atoms with Crippen molar-refractivity contribution >= 4 is 37.6 Å². The molecule has 0 aromatic heterocycles. The van der Waals surface area contributed by atoms with E-state index >= 15 is 0 Å². The number of hydrogen-bond acceptors (Lipinski definition) is 3. The third kappa shape index (κ3) is 4.97. The summed E-state index contributed by atoms with van der Waals surface area (Å²) in [4.78, 5) is 2.71. The quantitative estimate of drug-likeness (QED) is 0.253. The van der Waals surface area contributed by atoms with Gasteiger partial charge in [0.25, 0.3) is 10.1 Å². The average molecular weight is 481 g/mol. The normalized spacial score (nSPS) is 14.9.